The fourth-order valence-corrected chi connectivity index (χ4v) is 2.86. The maximum Gasteiger partial charge on any atom is 0.174 e. The Hall–Kier alpha value is -1.95. The molecule has 0 atom stereocenters. The van der Waals surface area contributed by atoms with Crippen molar-refractivity contribution >= 4 is 22.2 Å². The second kappa shape index (κ2) is 5.44. The molecular weight excluding hydrogens is 289 g/mol. The Bertz CT molecular complexity index is 778. The van der Waals surface area contributed by atoms with Gasteiger partial charge in [0, 0.05) is 22.5 Å². The van der Waals surface area contributed by atoms with Crippen LogP contribution in [-0.2, 0) is 6.61 Å². The Morgan fingerprint density at radius 3 is 2.86 bits per heavy atom. The highest BCUT2D eigenvalue weighted by Gasteiger charge is 2.12. The van der Waals surface area contributed by atoms with Crippen LogP contribution in [0.1, 0.15) is 35.5 Å². The van der Waals surface area contributed by atoms with Crippen molar-refractivity contribution in [2.45, 2.75) is 33.3 Å². The molecule has 2 aromatic heterocycles. The summed E-state index contributed by atoms with van der Waals surface area (Å²) in [7, 11) is 0. The van der Waals surface area contributed by atoms with Crippen LogP contribution in [0.3, 0.4) is 0 Å². The number of rotatable bonds is 4. The van der Waals surface area contributed by atoms with Crippen molar-refractivity contribution in [2.75, 3.05) is 0 Å². The highest BCUT2D eigenvalue weighted by molar-refractivity contribution is 7.11. The van der Waals surface area contributed by atoms with Crippen LogP contribution in [-0.4, -0.2) is 15.2 Å². The number of H-pyrrole nitrogens is 1. The third-order valence-electron chi connectivity index (χ3n) is 3.16. The summed E-state index contributed by atoms with van der Waals surface area (Å²) in [6, 6.07) is 5.23. The van der Waals surface area contributed by atoms with E-state index in [-0.39, 0.29) is 18.2 Å². The minimum Gasteiger partial charge on any atom is -0.483 e. The number of hydrogen-bond acceptors (Lipinski definition) is 4. The van der Waals surface area contributed by atoms with Gasteiger partial charge < -0.3 is 9.72 Å². The summed E-state index contributed by atoms with van der Waals surface area (Å²) in [4.78, 5) is 3.10. The molecule has 0 radical (unpaired) electrons. The lowest BCUT2D eigenvalue weighted by Crippen LogP contribution is -1.97. The summed E-state index contributed by atoms with van der Waals surface area (Å²) in [5.41, 5.74) is 1.70. The minimum atomic E-state index is -0.342. The number of hydrogen-bond donors (Lipinski definition) is 1. The molecule has 0 unspecified atom stereocenters. The van der Waals surface area contributed by atoms with E-state index in [4.69, 9.17) is 4.74 Å². The molecule has 3 rings (SSSR count). The first-order valence-electron chi connectivity index (χ1n) is 6.77. The zero-order valence-corrected chi connectivity index (χ0v) is 12.9. The van der Waals surface area contributed by atoms with Crippen LogP contribution < -0.4 is 4.74 Å². The Morgan fingerprint density at radius 2 is 2.14 bits per heavy atom. The van der Waals surface area contributed by atoms with Crippen molar-refractivity contribution in [1.29, 1.82) is 0 Å². The van der Waals surface area contributed by atoms with E-state index < -0.39 is 0 Å². The van der Waals surface area contributed by atoms with Crippen molar-refractivity contribution in [3.63, 3.8) is 0 Å². The fraction of sp³-hybridized carbons (Fsp3) is 0.333. The average Bonchev–Trinajstić information content (AvgIpc) is 3.04. The lowest BCUT2D eigenvalue weighted by molar-refractivity contribution is 0.290. The van der Waals surface area contributed by atoms with Gasteiger partial charge >= 0.3 is 0 Å². The molecule has 0 saturated carbocycles. The molecule has 1 aromatic carbocycles. The summed E-state index contributed by atoms with van der Waals surface area (Å²) in [6.45, 7) is 6.25. The predicted molar refractivity (Wildman–Crippen MR) is 81.3 cm³/mol. The van der Waals surface area contributed by atoms with Gasteiger partial charge in [-0.3, -0.25) is 0 Å². The molecule has 0 aliphatic carbocycles. The molecule has 0 spiro atoms. The lowest BCUT2D eigenvalue weighted by Gasteiger charge is -2.05. The summed E-state index contributed by atoms with van der Waals surface area (Å²) < 4.78 is 19.9. The first kappa shape index (κ1) is 14.0. The highest BCUT2D eigenvalue weighted by atomic mass is 32.1. The van der Waals surface area contributed by atoms with Gasteiger partial charge in [0.1, 0.15) is 11.6 Å². The Morgan fingerprint density at radius 1 is 1.33 bits per heavy atom. The number of halogens is 1. The van der Waals surface area contributed by atoms with E-state index in [1.54, 1.807) is 12.1 Å². The molecule has 6 heteroatoms. The van der Waals surface area contributed by atoms with E-state index in [1.165, 1.54) is 11.3 Å². The molecule has 110 valence electrons. The van der Waals surface area contributed by atoms with Crippen LogP contribution in [0.5, 0.6) is 5.75 Å². The normalized spacial score (nSPS) is 11.5. The molecule has 2 heterocycles. The van der Waals surface area contributed by atoms with Gasteiger partial charge in [0.2, 0.25) is 0 Å². The molecule has 1 N–H and O–H groups in total. The van der Waals surface area contributed by atoms with E-state index >= 15 is 0 Å². The number of aryl methyl sites for hydroxylation is 1. The van der Waals surface area contributed by atoms with Crippen LogP contribution in [0.15, 0.2) is 18.2 Å². The van der Waals surface area contributed by atoms with E-state index in [1.807, 2.05) is 13.0 Å². The third-order valence-corrected chi connectivity index (χ3v) is 4.36. The molecular formula is C15H16FN3OS. The molecule has 0 bridgehead atoms. The van der Waals surface area contributed by atoms with Gasteiger partial charge in [-0.15, -0.1) is 10.2 Å². The number of nitrogens with zero attached hydrogens (tertiary/aromatic N) is 2. The van der Waals surface area contributed by atoms with Gasteiger partial charge in [-0.05, 0) is 25.1 Å². The van der Waals surface area contributed by atoms with Gasteiger partial charge in [-0.25, -0.2) is 4.39 Å². The SMILES string of the molecule is Cc1cc2c(F)c(OCc3nnc(C(C)C)s3)ccc2[nH]1. The largest absolute Gasteiger partial charge is 0.483 e. The highest BCUT2D eigenvalue weighted by Crippen LogP contribution is 2.28. The molecule has 0 saturated heterocycles. The second-order valence-electron chi connectivity index (χ2n) is 5.27. The van der Waals surface area contributed by atoms with Crippen LogP contribution in [0.2, 0.25) is 0 Å². The van der Waals surface area contributed by atoms with Gasteiger partial charge in [-0.2, -0.15) is 0 Å². The van der Waals surface area contributed by atoms with Gasteiger partial charge in [-0.1, -0.05) is 25.2 Å². The Balaban J connectivity index is 1.79. The Kier molecular flexibility index (Phi) is 3.63. The fourth-order valence-electron chi connectivity index (χ4n) is 2.10. The number of nitrogens with one attached hydrogen (secondary N) is 1. The second-order valence-corrected chi connectivity index (χ2v) is 6.36. The van der Waals surface area contributed by atoms with E-state index in [2.05, 4.69) is 29.0 Å². The summed E-state index contributed by atoms with van der Waals surface area (Å²) in [5, 5.41) is 10.4. The molecule has 0 fully saturated rings. The van der Waals surface area contributed by atoms with Crippen LogP contribution in [0.4, 0.5) is 4.39 Å². The number of benzene rings is 1. The number of fused-ring (bicyclic) bond motifs is 1. The van der Waals surface area contributed by atoms with E-state index in [9.17, 15) is 4.39 Å². The van der Waals surface area contributed by atoms with Crippen LogP contribution in [0, 0.1) is 12.7 Å². The predicted octanol–water partition coefficient (Wildman–Crippen LogP) is 4.17. The zero-order chi connectivity index (χ0) is 15.0. The van der Waals surface area contributed by atoms with Crippen molar-refractivity contribution in [2.24, 2.45) is 0 Å². The Labute approximate surface area is 126 Å². The van der Waals surface area contributed by atoms with Crippen molar-refractivity contribution < 1.29 is 9.13 Å². The summed E-state index contributed by atoms with van der Waals surface area (Å²) >= 11 is 1.50. The topological polar surface area (TPSA) is 50.8 Å². The first-order valence-corrected chi connectivity index (χ1v) is 7.59. The summed E-state index contributed by atoms with van der Waals surface area (Å²) in [5.74, 6) is 0.236. The maximum absolute atomic E-state index is 14.3. The van der Waals surface area contributed by atoms with Gasteiger partial charge in [0.05, 0.1) is 0 Å². The maximum atomic E-state index is 14.3. The number of aromatic nitrogens is 3. The van der Waals surface area contributed by atoms with Crippen molar-refractivity contribution in [1.82, 2.24) is 15.2 Å². The van der Waals surface area contributed by atoms with E-state index in [0.717, 1.165) is 21.2 Å². The zero-order valence-electron chi connectivity index (χ0n) is 12.1. The number of aromatic amines is 1. The standard InChI is InChI=1S/C15H16FN3OS/c1-8(2)15-19-18-13(21-15)7-20-12-5-4-11-10(14(12)16)6-9(3)17-11/h4-6,8,17H,7H2,1-3H3. The van der Waals surface area contributed by atoms with Crippen molar-refractivity contribution in [3.05, 3.63) is 39.7 Å². The van der Waals surface area contributed by atoms with Crippen LogP contribution >= 0.6 is 11.3 Å². The molecule has 0 aliphatic heterocycles. The minimum absolute atomic E-state index is 0.232. The quantitative estimate of drug-likeness (QED) is 0.787. The molecule has 0 aliphatic rings. The third kappa shape index (κ3) is 2.76. The first-order chi connectivity index (χ1) is 10.0. The monoisotopic (exact) mass is 305 g/mol. The van der Waals surface area contributed by atoms with Gasteiger partial charge in [0.25, 0.3) is 0 Å². The molecule has 4 nitrogen and oxygen atoms in total. The van der Waals surface area contributed by atoms with E-state index in [0.29, 0.717) is 11.3 Å². The smallest absolute Gasteiger partial charge is 0.174 e. The average molecular weight is 305 g/mol. The molecule has 3 aromatic rings. The lowest BCUT2D eigenvalue weighted by atomic mass is 10.2. The summed E-state index contributed by atoms with van der Waals surface area (Å²) in [6.07, 6.45) is 0. The molecule has 0 amide bonds. The van der Waals surface area contributed by atoms with Crippen molar-refractivity contribution in [3.8, 4) is 5.75 Å². The molecule has 21 heavy (non-hydrogen) atoms. The number of ether oxygens (including phenoxy) is 1. The van der Waals surface area contributed by atoms with Gasteiger partial charge in [0.15, 0.2) is 16.6 Å². The van der Waals surface area contributed by atoms with Crippen LogP contribution in [0.25, 0.3) is 10.9 Å².